The van der Waals surface area contributed by atoms with E-state index in [1.807, 2.05) is 37.3 Å². The summed E-state index contributed by atoms with van der Waals surface area (Å²) in [5.74, 6) is 1.10. The van der Waals surface area contributed by atoms with Gasteiger partial charge in [0.05, 0.1) is 17.8 Å². The van der Waals surface area contributed by atoms with E-state index in [0.717, 1.165) is 10.4 Å². The van der Waals surface area contributed by atoms with Crippen molar-refractivity contribution in [3.63, 3.8) is 0 Å². The number of rotatable bonds is 7. The largest absolute Gasteiger partial charge is 0.490 e. The van der Waals surface area contributed by atoms with Crippen LogP contribution in [0.2, 0.25) is 5.02 Å². The Morgan fingerprint density at radius 1 is 1.23 bits per heavy atom. The number of ether oxygens (including phenoxy) is 2. The van der Waals surface area contributed by atoms with Crippen LogP contribution in [-0.2, 0) is 6.61 Å². The Morgan fingerprint density at radius 2 is 2.04 bits per heavy atom. The zero-order valence-electron chi connectivity index (χ0n) is 14.0. The zero-order valence-corrected chi connectivity index (χ0v) is 14.8. The maximum absolute atomic E-state index is 6.39. The highest BCUT2D eigenvalue weighted by molar-refractivity contribution is 6.32. The molecule has 0 radical (unpaired) electrons. The summed E-state index contributed by atoms with van der Waals surface area (Å²) in [5.41, 5.74) is 7.30. The molecular weight excluding hydrogens is 356 g/mol. The molecule has 3 aromatic rings. The number of aromatic nitrogens is 4. The number of hydrogen-bond acceptors (Lipinski definition) is 7. The Hall–Kier alpha value is -3.13. The van der Waals surface area contributed by atoms with Gasteiger partial charge in [-0.3, -0.25) is 0 Å². The van der Waals surface area contributed by atoms with E-state index in [4.69, 9.17) is 26.8 Å². The lowest BCUT2D eigenvalue weighted by molar-refractivity contribution is 0.269. The monoisotopic (exact) mass is 372 g/mol. The molecular formula is C17H17ClN6O2. The first-order chi connectivity index (χ1) is 12.7. The maximum atomic E-state index is 6.39. The van der Waals surface area contributed by atoms with Gasteiger partial charge >= 0.3 is 0 Å². The standard InChI is InChI=1S/C17H17ClN6O2/c1-2-25-15-9-13(10-20-24-17(19)21-22-23-24)8-14(18)16(15)26-11-12-6-4-3-5-7-12/h3-10H,2,11H2,1H3,(H2,19,21,23). The number of anilines is 1. The van der Waals surface area contributed by atoms with Crippen molar-refractivity contribution in [3.05, 3.63) is 58.6 Å². The van der Waals surface area contributed by atoms with Crippen molar-refractivity contribution >= 4 is 23.8 Å². The molecule has 2 N–H and O–H groups in total. The Bertz CT molecular complexity index is 898. The number of tetrazole rings is 1. The van der Waals surface area contributed by atoms with Crippen molar-refractivity contribution in [2.45, 2.75) is 13.5 Å². The van der Waals surface area contributed by atoms with Crippen molar-refractivity contribution in [2.75, 3.05) is 12.3 Å². The Kier molecular flexibility index (Phi) is 5.65. The minimum Gasteiger partial charge on any atom is -0.490 e. The second kappa shape index (κ2) is 8.30. The predicted molar refractivity (Wildman–Crippen MR) is 98.6 cm³/mol. The lowest BCUT2D eigenvalue weighted by Gasteiger charge is -2.14. The topological polar surface area (TPSA) is 100 Å². The van der Waals surface area contributed by atoms with Crippen molar-refractivity contribution in [1.82, 2.24) is 20.3 Å². The molecule has 0 aliphatic rings. The zero-order chi connectivity index (χ0) is 18.4. The molecule has 0 spiro atoms. The highest BCUT2D eigenvalue weighted by Gasteiger charge is 2.12. The van der Waals surface area contributed by atoms with Gasteiger partial charge in [-0.15, -0.1) is 0 Å². The fraction of sp³-hybridized carbons (Fsp3) is 0.176. The van der Waals surface area contributed by atoms with Crippen LogP contribution in [0, 0.1) is 0 Å². The lowest BCUT2D eigenvalue weighted by atomic mass is 10.2. The third-order valence-corrected chi connectivity index (χ3v) is 3.63. The van der Waals surface area contributed by atoms with Crippen LogP contribution >= 0.6 is 11.6 Å². The number of nitrogen functional groups attached to an aromatic ring is 1. The molecule has 134 valence electrons. The first-order valence-electron chi connectivity index (χ1n) is 7.88. The third kappa shape index (κ3) is 4.28. The van der Waals surface area contributed by atoms with E-state index in [1.54, 1.807) is 12.1 Å². The molecule has 0 aliphatic heterocycles. The quantitative estimate of drug-likeness (QED) is 0.640. The summed E-state index contributed by atoms with van der Waals surface area (Å²) in [5, 5.41) is 15.1. The molecule has 0 saturated carbocycles. The number of nitrogens with zero attached hydrogens (tertiary/aromatic N) is 5. The van der Waals surface area contributed by atoms with E-state index in [0.29, 0.717) is 35.3 Å². The second-order valence-corrected chi connectivity index (χ2v) is 5.62. The minimum absolute atomic E-state index is 0.0835. The van der Waals surface area contributed by atoms with Gasteiger partial charge in [-0.1, -0.05) is 51.8 Å². The average Bonchev–Trinajstić information content (AvgIpc) is 3.05. The molecule has 0 unspecified atom stereocenters. The summed E-state index contributed by atoms with van der Waals surface area (Å²) in [6, 6.07) is 13.3. The summed E-state index contributed by atoms with van der Waals surface area (Å²) in [6.07, 6.45) is 1.53. The summed E-state index contributed by atoms with van der Waals surface area (Å²) in [4.78, 5) is 1.11. The first-order valence-corrected chi connectivity index (χ1v) is 8.26. The Morgan fingerprint density at radius 3 is 2.73 bits per heavy atom. The molecule has 0 amide bonds. The maximum Gasteiger partial charge on any atom is 0.263 e. The molecule has 9 heteroatoms. The van der Waals surface area contributed by atoms with Crippen LogP contribution in [0.15, 0.2) is 47.6 Å². The molecule has 0 aliphatic carbocycles. The van der Waals surface area contributed by atoms with Gasteiger partial charge in [-0.05, 0) is 35.0 Å². The van der Waals surface area contributed by atoms with Gasteiger partial charge in [-0.2, -0.15) is 5.10 Å². The molecule has 0 atom stereocenters. The molecule has 8 nitrogen and oxygen atoms in total. The van der Waals surface area contributed by atoms with Crippen LogP contribution in [0.3, 0.4) is 0 Å². The number of nitrogens with two attached hydrogens (primary N) is 1. The molecule has 0 fully saturated rings. The molecule has 1 aromatic heterocycles. The van der Waals surface area contributed by atoms with E-state index in [-0.39, 0.29) is 5.95 Å². The van der Waals surface area contributed by atoms with Crippen LogP contribution in [-0.4, -0.2) is 33.1 Å². The summed E-state index contributed by atoms with van der Waals surface area (Å²) in [7, 11) is 0. The summed E-state index contributed by atoms with van der Waals surface area (Å²) in [6.45, 7) is 2.74. The van der Waals surface area contributed by atoms with Crippen LogP contribution in [0.4, 0.5) is 5.95 Å². The molecule has 2 aromatic carbocycles. The molecule has 26 heavy (non-hydrogen) atoms. The lowest BCUT2D eigenvalue weighted by Crippen LogP contribution is -2.02. The van der Waals surface area contributed by atoms with E-state index >= 15 is 0 Å². The van der Waals surface area contributed by atoms with Gasteiger partial charge < -0.3 is 15.2 Å². The van der Waals surface area contributed by atoms with Gasteiger partial charge in [0, 0.05) is 5.56 Å². The second-order valence-electron chi connectivity index (χ2n) is 5.21. The molecule has 0 bridgehead atoms. The van der Waals surface area contributed by atoms with E-state index < -0.39 is 0 Å². The SMILES string of the molecule is CCOc1cc(C=Nn2nnnc2N)cc(Cl)c1OCc1ccccc1. The van der Waals surface area contributed by atoms with Crippen molar-refractivity contribution in [1.29, 1.82) is 0 Å². The number of halogens is 1. The van der Waals surface area contributed by atoms with Crippen molar-refractivity contribution in [2.24, 2.45) is 5.10 Å². The van der Waals surface area contributed by atoms with Crippen molar-refractivity contribution in [3.8, 4) is 11.5 Å². The minimum atomic E-state index is 0.0835. The van der Waals surface area contributed by atoms with E-state index in [1.165, 1.54) is 6.21 Å². The van der Waals surface area contributed by atoms with Gasteiger partial charge in [0.1, 0.15) is 6.61 Å². The Labute approximate surface area is 155 Å². The number of hydrogen-bond donors (Lipinski definition) is 1. The molecule has 3 rings (SSSR count). The van der Waals surface area contributed by atoms with Crippen LogP contribution in [0.5, 0.6) is 11.5 Å². The first kappa shape index (κ1) is 17.7. The highest BCUT2D eigenvalue weighted by atomic mass is 35.5. The molecule has 0 saturated heterocycles. The fourth-order valence-electron chi connectivity index (χ4n) is 2.19. The van der Waals surface area contributed by atoms with E-state index in [2.05, 4.69) is 20.6 Å². The van der Waals surface area contributed by atoms with Crippen LogP contribution < -0.4 is 15.2 Å². The van der Waals surface area contributed by atoms with Gasteiger partial charge in [0.25, 0.3) is 5.95 Å². The van der Waals surface area contributed by atoms with E-state index in [9.17, 15) is 0 Å². The normalized spacial score (nSPS) is 11.0. The number of benzene rings is 2. The predicted octanol–water partition coefficient (Wildman–Crippen LogP) is 2.77. The van der Waals surface area contributed by atoms with Gasteiger partial charge in [0.2, 0.25) is 0 Å². The molecule has 1 heterocycles. The van der Waals surface area contributed by atoms with Gasteiger partial charge in [0.15, 0.2) is 11.5 Å². The van der Waals surface area contributed by atoms with Gasteiger partial charge in [-0.25, -0.2) is 0 Å². The third-order valence-electron chi connectivity index (χ3n) is 3.35. The smallest absolute Gasteiger partial charge is 0.263 e. The summed E-state index contributed by atoms with van der Waals surface area (Å²) < 4.78 is 11.5. The fourth-order valence-corrected chi connectivity index (χ4v) is 2.46. The van der Waals surface area contributed by atoms with Crippen molar-refractivity contribution < 1.29 is 9.47 Å². The highest BCUT2D eigenvalue weighted by Crippen LogP contribution is 2.37. The summed E-state index contributed by atoms with van der Waals surface area (Å²) >= 11 is 6.39. The van der Waals surface area contributed by atoms with Crippen LogP contribution in [0.1, 0.15) is 18.1 Å². The van der Waals surface area contributed by atoms with Crippen LogP contribution in [0.25, 0.3) is 0 Å². The Balaban J connectivity index is 1.83. The average molecular weight is 373 g/mol.